The molecule has 1 heterocycles. The Morgan fingerprint density at radius 1 is 0.950 bits per heavy atom. The van der Waals surface area contributed by atoms with E-state index in [4.69, 9.17) is 14.2 Å². The van der Waals surface area contributed by atoms with Crippen LogP contribution in [0.3, 0.4) is 0 Å². The normalized spacial score (nSPS) is 11.9. The maximum absolute atomic E-state index is 13.7. The standard InChI is InChI=1S/C28H30N4O6S2/c1-36-17-15-31(16-18-37-2)40(34,35)24-12-9-22(10-13-24)27(33)32(29-20-21-7-5-4-6-8-21)28-30-25-14-11-23(38-3)19-26(25)39-28/h4-14,19-20H,15-18H2,1-3H3/b29-20+. The van der Waals surface area contributed by atoms with Gasteiger partial charge >= 0.3 is 0 Å². The molecule has 0 atom stereocenters. The zero-order valence-electron chi connectivity index (χ0n) is 22.4. The molecule has 1 amide bonds. The molecule has 210 valence electrons. The zero-order chi connectivity index (χ0) is 28.5. The van der Waals surface area contributed by atoms with Gasteiger partial charge in [0.2, 0.25) is 15.2 Å². The summed E-state index contributed by atoms with van der Waals surface area (Å²) in [5, 5.41) is 6.05. The molecule has 0 saturated carbocycles. The zero-order valence-corrected chi connectivity index (χ0v) is 24.0. The molecule has 0 spiro atoms. The number of fused-ring (bicyclic) bond motifs is 1. The number of anilines is 1. The first kappa shape index (κ1) is 29.3. The van der Waals surface area contributed by atoms with E-state index in [0.29, 0.717) is 16.4 Å². The number of carbonyl (C=O) groups excluding carboxylic acids is 1. The number of carbonyl (C=O) groups is 1. The highest BCUT2D eigenvalue weighted by Gasteiger charge is 2.26. The van der Waals surface area contributed by atoms with Crippen molar-refractivity contribution < 1.29 is 27.4 Å². The second-order valence-corrected chi connectivity index (χ2v) is 11.5. The molecule has 0 saturated heterocycles. The maximum atomic E-state index is 13.7. The number of methoxy groups -OCH3 is 3. The van der Waals surface area contributed by atoms with Gasteiger partial charge in [0, 0.05) is 32.9 Å². The number of hydrogen-bond donors (Lipinski definition) is 0. The Bertz CT molecular complexity index is 1550. The highest BCUT2D eigenvalue weighted by molar-refractivity contribution is 7.89. The number of benzene rings is 3. The van der Waals surface area contributed by atoms with Gasteiger partial charge in [0.25, 0.3) is 5.91 Å². The number of hydrogen-bond acceptors (Lipinski definition) is 9. The van der Waals surface area contributed by atoms with Gasteiger partial charge in [-0.15, -0.1) is 0 Å². The molecule has 3 aromatic carbocycles. The average Bonchev–Trinajstić information content (AvgIpc) is 3.40. The fraction of sp³-hybridized carbons (Fsp3) is 0.250. The third-order valence-electron chi connectivity index (χ3n) is 5.91. The molecule has 0 bridgehead atoms. The summed E-state index contributed by atoms with van der Waals surface area (Å²) in [6, 6.07) is 20.6. The number of rotatable bonds is 13. The van der Waals surface area contributed by atoms with Gasteiger partial charge in [-0.3, -0.25) is 4.79 Å². The van der Waals surface area contributed by atoms with Crippen LogP contribution in [-0.2, 0) is 19.5 Å². The predicted octanol–water partition coefficient (Wildman–Crippen LogP) is 4.27. The minimum absolute atomic E-state index is 0.0580. The van der Waals surface area contributed by atoms with Crippen LogP contribution in [0.5, 0.6) is 5.75 Å². The lowest BCUT2D eigenvalue weighted by molar-refractivity contribution is 0.0987. The summed E-state index contributed by atoms with van der Waals surface area (Å²) in [5.74, 6) is 0.216. The molecule has 0 aliphatic rings. The Morgan fingerprint density at radius 3 is 2.25 bits per heavy atom. The molecule has 0 fully saturated rings. The Hall–Kier alpha value is -3.68. The lowest BCUT2D eigenvalue weighted by Gasteiger charge is -2.21. The second-order valence-electron chi connectivity index (χ2n) is 8.52. The molecule has 0 aliphatic heterocycles. The van der Waals surface area contributed by atoms with Gasteiger partial charge in [-0.2, -0.15) is 14.4 Å². The summed E-state index contributed by atoms with van der Waals surface area (Å²) in [6.45, 7) is 0.824. The Balaban J connectivity index is 1.66. The first-order valence-electron chi connectivity index (χ1n) is 12.3. The van der Waals surface area contributed by atoms with Crippen molar-refractivity contribution in [2.75, 3.05) is 52.6 Å². The van der Waals surface area contributed by atoms with Crippen molar-refractivity contribution in [1.29, 1.82) is 0 Å². The van der Waals surface area contributed by atoms with Crippen LogP contribution in [0, 0.1) is 0 Å². The van der Waals surface area contributed by atoms with Gasteiger partial charge in [-0.1, -0.05) is 41.7 Å². The fourth-order valence-electron chi connectivity index (χ4n) is 3.74. The average molecular weight is 583 g/mol. The largest absolute Gasteiger partial charge is 0.497 e. The quantitative estimate of drug-likeness (QED) is 0.171. The monoisotopic (exact) mass is 582 g/mol. The van der Waals surface area contributed by atoms with Gasteiger partial charge in [0.05, 0.1) is 41.7 Å². The minimum atomic E-state index is -3.83. The van der Waals surface area contributed by atoms with Crippen molar-refractivity contribution in [2.24, 2.45) is 5.10 Å². The lowest BCUT2D eigenvalue weighted by atomic mass is 10.2. The van der Waals surface area contributed by atoms with Gasteiger partial charge in [0.1, 0.15) is 5.75 Å². The van der Waals surface area contributed by atoms with E-state index in [1.54, 1.807) is 19.4 Å². The summed E-state index contributed by atoms with van der Waals surface area (Å²) >= 11 is 1.29. The van der Waals surface area contributed by atoms with E-state index in [9.17, 15) is 13.2 Å². The number of aromatic nitrogens is 1. The third-order valence-corrected chi connectivity index (χ3v) is 8.81. The van der Waals surface area contributed by atoms with Crippen molar-refractivity contribution in [3.63, 3.8) is 0 Å². The lowest BCUT2D eigenvalue weighted by Crippen LogP contribution is -2.36. The van der Waals surface area contributed by atoms with Crippen molar-refractivity contribution in [1.82, 2.24) is 9.29 Å². The molecule has 4 aromatic rings. The van der Waals surface area contributed by atoms with Crippen LogP contribution in [0.4, 0.5) is 5.13 Å². The van der Waals surface area contributed by atoms with E-state index >= 15 is 0 Å². The fourth-order valence-corrected chi connectivity index (χ4v) is 6.10. The number of ether oxygens (including phenoxy) is 3. The molecule has 1 aromatic heterocycles. The first-order valence-corrected chi connectivity index (χ1v) is 14.6. The molecule has 12 heteroatoms. The van der Waals surface area contributed by atoms with Gasteiger partial charge in [-0.25, -0.2) is 13.4 Å². The summed E-state index contributed by atoms with van der Waals surface area (Å²) in [4.78, 5) is 18.4. The van der Waals surface area contributed by atoms with Crippen LogP contribution in [-0.4, -0.2) is 77.5 Å². The van der Waals surface area contributed by atoms with E-state index in [0.717, 1.165) is 10.3 Å². The molecular formula is C28H30N4O6S2. The summed E-state index contributed by atoms with van der Waals surface area (Å²) in [7, 11) is 0.770. The molecular weight excluding hydrogens is 552 g/mol. The third kappa shape index (κ3) is 6.90. The first-order chi connectivity index (χ1) is 19.4. The number of amides is 1. The Kier molecular flexibility index (Phi) is 9.96. The van der Waals surface area contributed by atoms with Crippen molar-refractivity contribution in [3.05, 3.63) is 83.9 Å². The minimum Gasteiger partial charge on any atom is -0.497 e. The van der Waals surface area contributed by atoms with E-state index in [2.05, 4.69) is 10.1 Å². The van der Waals surface area contributed by atoms with Crippen LogP contribution in [0.1, 0.15) is 15.9 Å². The van der Waals surface area contributed by atoms with Crippen molar-refractivity contribution in [3.8, 4) is 5.75 Å². The Labute approximate surface area is 237 Å². The number of thiazole rings is 1. The predicted molar refractivity (Wildman–Crippen MR) is 156 cm³/mol. The molecule has 0 radical (unpaired) electrons. The highest BCUT2D eigenvalue weighted by Crippen LogP contribution is 2.32. The second kappa shape index (κ2) is 13.6. The molecule has 10 nitrogen and oxygen atoms in total. The van der Waals surface area contributed by atoms with E-state index in [1.807, 2.05) is 42.5 Å². The van der Waals surface area contributed by atoms with E-state index < -0.39 is 15.9 Å². The van der Waals surface area contributed by atoms with Crippen LogP contribution in [0.25, 0.3) is 10.2 Å². The molecule has 0 aliphatic carbocycles. The molecule has 0 unspecified atom stereocenters. The van der Waals surface area contributed by atoms with Crippen LogP contribution in [0.15, 0.2) is 82.8 Å². The summed E-state index contributed by atoms with van der Waals surface area (Å²) in [6.07, 6.45) is 1.58. The summed E-state index contributed by atoms with van der Waals surface area (Å²) < 4.78 is 44.1. The molecule has 0 N–H and O–H groups in total. The van der Waals surface area contributed by atoms with Crippen LogP contribution >= 0.6 is 11.3 Å². The highest BCUT2D eigenvalue weighted by atomic mass is 32.2. The van der Waals surface area contributed by atoms with Crippen molar-refractivity contribution in [2.45, 2.75) is 4.90 Å². The molecule has 40 heavy (non-hydrogen) atoms. The van der Waals surface area contributed by atoms with Crippen molar-refractivity contribution >= 4 is 48.8 Å². The molecule has 4 rings (SSSR count). The smallest absolute Gasteiger partial charge is 0.280 e. The van der Waals surface area contributed by atoms with Gasteiger partial charge < -0.3 is 14.2 Å². The SMILES string of the molecule is COCCN(CCOC)S(=O)(=O)c1ccc(C(=O)N(/N=C/c2ccccc2)c2nc3ccc(OC)cc3s2)cc1. The topological polar surface area (TPSA) is 111 Å². The number of hydrazone groups is 1. The Morgan fingerprint density at radius 2 is 1.62 bits per heavy atom. The van der Waals surface area contributed by atoms with E-state index in [-0.39, 0.29) is 36.8 Å². The van der Waals surface area contributed by atoms with Gasteiger partial charge in [-0.05, 0) is 48.0 Å². The van der Waals surface area contributed by atoms with Crippen LogP contribution in [0.2, 0.25) is 0 Å². The van der Waals surface area contributed by atoms with E-state index in [1.165, 1.54) is 59.1 Å². The van der Waals surface area contributed by atoms with Crippen LogP contribution < -0.4 is 9.75 Å². The number of sulfonamides is 1. The maximum Gasteiger partial charge on any atom is 0.280 e. The van der Waals surface area contributed by atoms with Gasteiger partial charge in [0.15, 0.2) is 0 Å². The number of nitrogens with zero attached hydrogens (tertiary/aromatic N) is 4. The summed E-state index contributed by atoms with van der Waals surface area (Å²) in [5.41, 5.74) is 1.75.